The molecule has 0 spiro atoms. The van der Waals surface area contributed by atoms with E-state index in [1.165, 1.54) is 0 Å². The van der Waals surface area contributed by atoms with Crippen LogP contribution in [0.5, 0.6) is 0 Å². The maximum Gasteiger partial charge on any atom is 0.328 e. The lowest BCUT2D eigenvalue weighted by atomic mass is 10.0. The highest BCUT2D eigenvalue weighted by Gasteiger charge is 2.25. The van der Waals surface area contributed by atoms with Crippen LogP contribution in [-0.4, -0.2) is 41.2 Å². The molecular weight excluding hydrogens is 368 g/mol. The van der Waals surface area contributed by atoms with Crippen molar-refractivity contribution in [3.05, 3.63) is 53.7 Å². The summed E-state index contributed by atoms with van der Waals surface area (Å²) < 4.78 is 5.42. The minimum Gasteiger partial charge on any atom is -0.459 e. The van der Waals surface area contributed by atoms with Crippen LogP contribution in [0.4, 0.5) is 5.82 Å². The standard InChI is InChI=1S/C22H28N4O3/c1-16(2)14-19(22(28)29-15-17-8-4-3-5-9-17)23-21(27)18-10-11-20(25-24-18)26-12-6-7-13-26/h3-5,8-11,16,19H,6-7,12-15H2,1-2H3,(H,23,27)/t19-/m0/s1. The van der Waals surface area contributed by atoms with Crippen molar-refractivity contribution in [1.29, 1.82) is 0 Å². The first-order valence-electron chi connectivity index (χ1n) is 10.1. The molecule has 0 bridgehead atoms. The number of anilines is 1. The monoisotopic (exact) mass is 396 g/mol. The number of hydrogen-bond donors (Lipinski definition) is 1. The summed E-state index contributed by atoms with van der Waals surface area (Å²) in [5.74, 6) is 0.124. The van der Waals surface area contributed by atoms with Gasteiger partial charge in [0.05, 0.1) is 0 Å². The lowest BCUT2D eigenvalue weighted by Crippen LogP contribution is -2.43. The van der Waals surface area contributed by atoms with E-state index in [0.29, 0.717) is 6.42 Å². The minimum atomic E-state index is -0.730. The normalized spacial score (nSPS) is 14.7. The molecule has 3 rings (SSSR count). The van der Waals surface area contributed by atoms with Crippen molar-refractivity contribution < 1.29 is 14.3 Å². The Labute approximate surface area is 171 Å². The van der Waals surface area contributed by atoms with Crippen LogP contribution in [0.25, 0.3) is 0 Å². The average molecular weight is 396 g/mol. The van der Waals surface area contributed by atoms with E-state index in [1.807, 2.05) is 44.2 Å². The van der Waals surface area contributed by atoms with Crippen LogP contribution in [0.15, 0.2) is 42.5 Å². The molecule has 0 unspecified atom stereocenters. The van der Waals surface area contributed by atoms with Crippen molar-refractivity contribution in [2.75, 3.05) is 18.0 Å². The summed E-state index contributed by atoms with van der Waals surface area (Å²) in [4.78, 5) is 27.3. The lowest BCUT2D eigenvalue weighted by molar-refractivity contribution is -0.147. The van der Waals surface area contributed by atoms with Gasteiger partial charge in [0.15, 0.2) is 11.5 Å². The molecule has 1 amide bonds. The Morgan fingerprint density at radius 1 is 1.07 bits per heavy atom. The third kappa shape index (κ3) is 6.01. The highest BCUT2D eigenvalue weighted by molar-refractivity contribution is 5.95. The van der Waals surface area contributed by atoms with E-state index in [9.17, 15) is 9.59 Å². The van der Waals surface area contributed by atoms with Gasteiger partial charge in [-0.05, 0) is 42.9 Å². The molecule has 1 aliphatic heterocycles. The van der Waals surface area contributed by atoms with Crippen molar-refractivity contribution in [2.24, 2.45) is 5.92 Å². The summed E-state index contributed by atoms with van der Waals surface area (Å²) >= 11 is 0. The molecule has 1 fully saturated rings. The van der Waals surface area contributed by atoms with Crippen LogP contribution >= 0.6 is 0 Å². The van der Waals surface area contributed by atoms with Gasteiger partial charge in [0.1, 0.15) is 12.6 Å². The molecule has 0 saturated carbocycles. The molecule has 154 valence electrons. The van der Waals surface area contributed by atoms with Crippen LogP contribution in [0.2, 0.25) is 0 Å². The highest BCUT2D eigenvalue weighted by Crippen LogP contribution is 2.17. The zero-order chi connectivity index (χ0) is 20.6. The average Bonchev–Trinajstić information content (AvgIpc) is 3.27. The van der Waals surface area contributed by atoms with Crippen molar-refractivity contribution >= 4 is 17.7 Å². The summed E-state index contributed by atoms with van der Waals surface area (Å²) in [6, 6.07) is 12.2. The number of amides is 1. The van der Waals surface area contributed by atoms with Gasteiger partial charge in [0.25, 0.3) is 5.91 Å². The van der Waals surface area contributed by atoms with Gasteiger partial charge in [-0.3, -0.25) is 4.79 Å². The summed E-state index contributed by atoms with van der Waals surface area (Å²) in [5, 5.41) is 11.0. The van der Waals surface area contributed by atoms with E-state index in [4.69, 9.17) is 4.74 Å². The second kappa shape index (κ2) is 10.0. The van der Waals surface area contributed by atoms with Crippen LogP contribution in [0.1, 0.15) is 49.2 Å². The Morgan fingerprint density at radius 2 is 1.79 bits per heavy atom. The first-order valence-corrected chi connectivity index (χ1v) is 10.1. The van der Waals surface area contributed by atoms with Gasteiger partial charge < -0.3 is 15.0 Å². The number of rotatable bonds is 8. The summed E-state index contributed by atoms with van der Waals surface area (Å²) in [7, 11) is 0. The Morgan fingerprint density at radius 3 is 2.41 bits per heavy atom. The number of carbonyl (C=O) groups is 2. The minimum absolute atomic E-state index is 0.175. The number of hydrogen-bond acceptors (Lipinski definition) is 6. The molecule has 1 N–H and O–H groups in total. The number of nitrogens with one attached hydrogen (secondary N) is 1. The first-order chi connectivity index (χ1) is 14.0. The zero-order valence-electron chi connectivity index (χ0n) is 17.0. The molecule has 1 aromatic heterocycles. The fourth-order valence-corrected chi connectivity index (χ4v) is 3.31. The molecule has 0 radical (unpaired) electrons. The van der Waals surface area contributed by atoms with Gasteiger partial charge in [-0.2, -0.15) is 0 Å². The van der Waals surface area contributed by atoms with E-state index < -0.39 is 17.9 Å². The second-order valence-corrected chi connectivity index (χ2v) is 7.72. The molecule has 1 atom stereocenters. The number of esters is 1. The predicted molar refractivity (Wildman–Crippen MR) is 110 cm³/mol. The van der Waals surface area contributed by atoms with E-state index in [1.54, 1.807) is 12.1 Å². The van der Waals surface area contributed by atoms with Gasteiger partial charge in [0.2, 0.25) is 0 Å². The van der Waals surface area contributed by atoms with E-state index in [-0.39, 0.29) is 18.2 Å². The SMILES string of the molecule is CC(C)C[C@H](NC(=O)c1ccc(N2CCCC2)nn1)C(=O)OCc1ccccc1. The van der Waals surface area contributed by atoms with Crippen molar-refractivity contribution in [3.63, 3.8) is 0 Å². The second-order valence-electron chi connectivity index (χ2n) is 7.72. The molecule has 1 aromatic carbocycles. The van der Waals surface area contributed by atoms with Gasteiger partial charge in [0, 0.05) is 13.1 Å². The maximum absolute atomic E-state index is 12.6. The molecule has 2 heterocycles. The van der Waals surface area contributed by atoms with Crippen LogP contribution in [0, 0.1) is 5.92 Å². The predicted octanol–water partition coefficient (Wildman–Crippen LogP) is 2.96. The van der Waals surface area contributed by atoms with Crippen LogP contribution in [0.3, 0.4) is 0 Å². The van der Waals surface area contributed by atoms with Gasteiger partial charge in [-0.1, -0.05) is 44.2 Å². The maximum atomic E-state index is 12.6. The Bertz CT molecular complexity index is 803. The number of ether oxygens (including phenoxy) is 1. The molecule has 1 aliphatic rings. The summed E-state index contributed by atoms with van der Waals surface area (Å²) in [6.45, 7) is 6.09. The third-order valence-electron chi connectivity index (χ3n) is 4.83. The van der Waals surface area contributed by atoms with E-state index in [0.717, 1.165) is 37.3 Å². The van der Waals surface area contributed by atoms with Crippen molar-refractivity contribution in [1.82, 2.24) is 15.5 Å². The molecule has 0 aliphatic carbocycles. The number of carbonyl (C=O) groups excluding carboxylic acids is 2. The van der Waals surface area contributed by atoms with Crippen molar-refractivity contribution in [3.8, 4) is 0 Å². The Kier molecular flexibility index (Phi) is 7.16. The number of benzene rings is 1. The van der Waals surface area contributed by atoms with Crippen LogP contribution in [-0.2, 0) is 16.1 Å². The van der Waals surface area contributed by atoms with E-state index >= 15 is 0 Å². The molecular formula is C22H28N4O3. The fraction of sp³-hybridized carbons (Fsp3) is 0.455. The number of aromatic nitrogens is 2. The molecule has 29 heavy (non-hydrogen) atoms. The molecule has 1 saturated heterocycles. The smallest absolute Gasteiger partial charge is 0.328 e. The third-order valence-corrected chi connectivity index (χ3v) is 4.83. The Hall–Kier alpha value is -2.96. The first kappa shape index (κ1) is 20.8. The largest absolute Gasteiger partial charge is 0.459 e. The molecule has 2 aromatic rings. The molecule has 7 heteroatoms. The lowest BCUT2D eigenvalue weighted by Gasteiger charge is -2.19. The topological polar surface area (TPSA) is 84.4 Å². The quantitative estimate of drug-likeness (QED) is 0.691. The fourth-order valence-electron chi connectivity index (χ4n) is 3.31. The number of nitrogens with zero attached hydrogens (tertiary/aromatic N) is 3. The highest BCUT2D eigenvalue weighted by atomic mass is 16.5. The van der Waals surface area contributed by atoms with E-state index in [2.05, 4.69) is 20.4 Å². The molecule has 7 nitrogen and oxygen atoms in total. The van der Waals surface area contributed by atoms with Crippen molar-refractivity contribution in [2.45, 2.75) is 45.8 Å². The van der Waals surface area contributed by atoms with Gasteiger partial charge in [-0.25, -0.2) is 4.79 Å². The van der Waals surface area contributed by atoms with Crippen LogP contribution < -0.4 is 10.2 Å². The van der Waals surface area contributed by atoms with Gasteiger partial charge in [-0.15, -0.1) is 10.2 Å². The van der Waals surface area contributed by atoms with Gasteiger partial charge >= 0.3 is 5.97 Å². The summed E-state index contributed by atoms with van der Waals surface area (Å²) in [5.41, 5.74) is 1.09. The summed E-state index contributed by atoms with van der Waals surface area (Å²) in [6.07, 6.45) is 2.77. The zero-order valence-corrected chi connectivity index (χ0v) is 17.0. The Balaban J connectivity index is 1.60.